The van der Waals surface area contributed by atoms with Crippen molar-refractivity contribution in [3.05, 3.63) is 71.3 Å². The first-order chi connectivity index (χ1) is 16.7. The first kappa shape index (κ1) is 24.2. The Bertz CT molecular complexity index is 1260. The van der Waals surface area contributed by atoms with Crippen LogP contribution in [0, 0.1) is 13.8 Å². The average Bonchev–Trinajstić information content (AvgIpc) is 3.07. The molecule has 35 heavy (non-hydrogen) atoms. The van der Waals surface area contributed by atoms with E-state index in [1.165, 1.54) is 24.3 Å². The van der Waals surface area contributed by atoms with E-state index in [2.05, 4.69) is 15.0 Å². The second-order valence-corrected chi connectivity index (χ2v) is 7.91. The van der Waals surface area contributed by atoms with Crippen molar-refractivity contribution in [2.75, 3.05) is 19.5 Å². The van der Waals surface area contributed by atoms with Crippen LogP contribution in [0.1, 0.15) is 35.6 Å². The molecular formula is C25H25F3N4O3. The van der Waals surface area contributed by atoms with Gasteiger partial charge in [-0.15, -0.1) is 13.2 Å². The van der Waals surface area contributed by atoms with E-state index >= 15 is 0 Å². The third-order valence-corrected chi connectivity index (χ3v) is 5.45. The van der Waals surface area contributed by atoms with Crippen molar-refractivity contribution in [1.82, 2.24) is 9.66 Å². The number of allylic oxidation sites excluding steroid dienone is 1. The summed E-state index contributed by atoms with van der Waals surface area (Å²) in [6.45, 7) is 3.76. The van der Waals surface area contributed by atoms with Gasteiger partial charge in [-0.1, -0.05) is 6.08 Å². The molecule has 1 aliphatic heterocycles. The van der Waals surface area contributed by atoms with Crippen LogP contribution in [0.4, 0.5) is 18.9 Å². The standard InChI is InChI=1S/C25H25F3N4O3/c1-15-24-23(30-18-8-10-19(11-9-18)35-25(26,27)28)7-5-6-22(31-32(24)16(2)29-15)17-12-20(33-3)14-21(13-17)34-4/h7-14,30H,5-6H2,1-4H3/b23-7+,31-22+. The molecule has 1 aromatic heterocycles. The predicted molar refractivity (Wildman–Crippen MR) is 127 cm³/mol. The molecule has 0 saturated heterocycles. The number of aryl methyl sites for hydroxylation is 2. The highest BCUT2D eigenvalue weighted by Crippen LogP contribution is 2.30. The fourth-order valence-corrected chi connectivity index (χ4v) is 3.89. The highest BCUT2D eigenvalue weighted by atomic mass is 19.4. The Morgan fingerprint density at radius 1 is 0.943 bits per heavy atom. The van der Waals surface area contributed by atoms with Crippen molar-refractivity contribution in [3.8, 4) is 17.2 Å². The maximum atomic E-state index is 12.5. The van der Waals surface area contributed by atoms with Crippen LogP contribution >= 0.6 is 0 Å². The molecule has 184 valence electrons. The van der Waals surface area contributed by atoms with Crippen LogP contribution in [-0.4, -0.2) is 36.0 Å². The number of hydrogen-bond donors (Lipinski definition) is 1. The first-order valence-electron chi connectivity index (χ1n) is 10.9. The Kier molecular flexibility index (Phi) is 6.72. The summed E-state index contributed by atoms with van der Waals surface area (Å²) in [6.07, 6.45) is -1.40. The van der Waals surface area contributed by atoms with Gasteiger partial charge in [0.15, 0.2) is 0 Å². The van der Waals surface area contributed by atoms with Gasteiger partial charge in [0.1, 0.15) is 28.8 Å². The Balaban J connectivity index is 1.68. The number of ether oxygens (including phenoxy) is 3. The lowest BCUT2D eigenvalue weighted by Crippen LogP contribution is -2.17. The predicted octanol–water partition coefficient (Wildman–Crippen LogP) is 5.91. The molecule has 2 aromatic carbocycles. The van der Waals surface area contributed by atoms with E-state index in [4.69, 9.17) is 14.6 Å². The molecule has 3 aromatic rings. The maximum absolute atomic E-state index is 12.5. The molecular weight excluding hydrogens is 461 g/mol. The molecule has 0 aliphatic carbocycles. The number of nitrogens with one attached hydrogen (secondary N) is 1. The summed E-state index contributed by atoms with van der Waals surface area (Å²) in [4.78, 5) is 4.60. The highest BCUT2D eigenvalue weighted by molar-refractivity contribution is 6.01. The minimum absolute atomic E-state index is 0.283. The lowest BCUT2D eigenvalue weighted by atomic mass is 10.0. The van der Waals surface area contributed by atoms with Crippen LogP contribution in [0.3, 0.4) is 0 Å². The Hall–Kier alpha value is -3.95. The summed E-state index contributed by atoms with van der Waals surface area (Å²) in [6, 6.07) is 11.2. The number of alkyl halides is 3. The maximum Gasteiger partial charge on any atom is 0.573 e. The number of halogens is 3. The van der Waals surface area contributed by atoms with Gasteiger partial charge in [-0.25, -0.2) is 9.66 Å². The van der Waals surface area contributed by atoms with Crippen molar-refractivity contribution in [1.29, 1.82) is 0 Å². The Morgan fingerprint density at radius 2 is 1.60 bits per heavy atom. The monoisotopic (exact) mass is 486 g/mol. The normalized spacial score (nSPS) is 16.7. The first-order valence-corrected chi connectivity index (χ1v) is 10.9. The molecule has 10 heteroatoms. The van der Waals surface area contributed by atoms with Gasteiger partial charge in [-0.2, -0.15) is 5.10 Å². The number of hydrogen-bond acceptors (Lipinski definition) is 6. The summed E-state index contributed by atoms with van der Waals surface area (Å²) in [7, 11) is 3.20. The molecule has 0 fully saturated rings. The van der Waals surface area contributed by atoms with E-state index in [1.54, 1.807) is 25.0 Å². The molecule has 0 radical (unpaired) electrons. The lowest BCUT2D eigenvalue weighted by molar-refractivity contribution is -0.274. The van der Waals surface area contributed by atoms with Crippen LogP contribution in [0.25, 0.3) is 5.70 Å². The molecule has 1 N–H and O–H groups in total. The minimum atomic E-state index is -4.74. The summed E-state index contributed by atoms with van der Waals surface area (Å²) < 4.78 is 54.0. The largest absolute Gasteiger partial charge is 0.573 e. The number of fused-ring (bicyclic) bond motifs is 1. The number of rotatable bonds is 6. The fourth-order valence-electron chi connectivity index (χ4n) is 3.89. The van der Waals surface area contributed by atoms with Crippen molar-refractivity contribution < 1.29 is 27.4 Å². The third kappa shape index (κ3) is 5.59. The summed E-state index contributed by atoms with van der Waals surface area (Å²) >= 11 is 0. The molecule has 4 rings (SSSR count). The van der Waals surface area contributed by atoms with E-state index in [0.29, 0.717) is 35.9 Å². The Labute approximate surface area is 200 Å². The van der Waals surface area contributed by atoms with Gasteiger partial charge in [0, 0.05) is 17.3 Å². The average molecular weight is 486 g/mol. The van der Waals surface area contributed by atoms with Crippen LogP contribution in [-0.2, 0) is 0 Å². The second-order valence-electron chi connectivity index (χ2n) is 7.91. The molecule has 2 heterocycles. The zero-order valence-electron chi connectivity index (χ0n) is 19.7. The molecule has 7 nitrogen and oxygen atoms in total. The van der Waals surface area contributed by atoms with Crippen molar-refractivity contribution >= 4 is 17.1 Å². The third-order valence-electron chi connectivity index (χ3n) is 5.45. The van der Waals surface area contributed by atoms with Gasteiger partial charge in [-0.3, -0.25) is 0 Å². The fraction of sp³-hybridized carbons (Fsp3) is 0.280. The number of anilines is 1. The summed E-state index contributed by atoms with van der Waals surface area (Å²) in [5.41, 5.74) is 4.63. The van der Waals surface area contributed by atoms with E-state index < -0.39 is 6.36 Å². The van der Waals surface area contributed by atoms with Crippen LogP contribution < -0.4 is 19.5 Å². The topological polar surface area (TPSA) is 69.9 Å². The molecule has 0 bridgehead atoms. The van der Waals surface area contributed by atoms with Gasteiger partial charge in [0.05, 0.1) is 31.3 Å². The zero-order valence-corrected chi connectivity index (χ0v) is 19.7. The van der Waals surface area contributed by atoms with Crippen LogP contribution in [0.2, 0.25) is 0 Å². The number of imidazole rings is 1. The van der Waals surface area contributed by atoms with Gasteiger partial charge in [0.25, 0.3) is 0 Å². The van der Waals surface area contributed by atoms with Crippen LogP contribution in [0.15, 0.2) is 53.6 Å². The van der Waals surface area contributed by atoms with E-state index in [1.807, 2.05) is 32.1 Å². The molecule has 0 saturated carbocycles. The van der Waals surface area contributed by atoms with E-state index in [0.717, 1.165) is 28.4 Å². The molecule has 0 spiro atoms. The minimum Gasteiger partial charge on any atom is -0.497 e. The van der Waals surface area contributed by atoms with Crippen molar-refractivity contribution in [3.63, 3.8) is 0 Å². The van der Waals surface area contributed by atoms with E-state index in [-0.39, 0.29) is 5.75 Å². The van der Waals surface area contributed by atoms with Gasteiger partial charge < -0.3 is 19.5 Å². The highest BCUT2D eigenvalue weighted by Gasteiger charge is 2.31. The SMILES string of the molecule is COc1cc(OC)cc(/C2=N/n3c(C)nc(C)c3/C(Nc3ccc(OC(F)(F)F)cc3)=C\CC2)c1. The smallest absolute Gasteiger partial charge is 0.497 e. The molecule has 1 aliphatic rings. The Morgan fingerprint density at radius 3 is 2.20 bits per heavy atom. The van der Waals surface area contributed by atoms with Gasteiger partial charge in [0.2, 0.25) is 0 Å². The number of benzene rings is 2. The molecule has 0 amide bonds. The number of aromatic nitrogens is 2. The van der Waals surface area contributed by atoms with E-state index in [9.17, 15) is 13.2 Å². The molecule has 0 atom stereocenters. The lowest BCUT2D eigenvalue weighted by Gasteiger charge is -2.18. The van der Waals surface area contributed by atoms with Crippen molar-refractivity contribution in [2.24, 2.45) is 5.10 Å². The zero-order chi connectivity index (χ0) is 25.2. The van der Waals surface area contributed by atoms with Gasteiger partial charge in [-0.05, 0) is 63.1 Å². The van der Waals surface area contributed by atoms with Gasteiger partial charge >= 0.3 is 6.36 Å². The van der Waals surface area contributed by atoms with Crippen LogP contribution in [0.5, 0.6) is 17.2 Å². The summed E-state index contributed by atoms with van der Waals surface area (Å²) in [5.74, 6) is 1.75. The number of methoxy groups -OCH3 is 2. The molecule has 0 unspecified atom stereocenters. The quantitative estimate of drug-likeness (QED) is 0.469. The summed E-state index contributed by atoms with van der Waals surface area (Å²) in [5, 5.41) is 8.22. The van der Waals surface area contributed by atoms with Crippen molar-refractivity contribution in [2.45, 2.75) is 33.1 Å². The second kappa shape index (κ2) is 9.73. The number of nitrogens with zero attached hydrogens (tertiary/aromatic N) is 3.